The molecular weight excluding hydrogens is 524 g/mol. The Morgan fingerprint density at radius 2 is 1.66 bits per heavy atom. The number of rotatable bonds is 7. The Hall–Kier alpha value is -2.98. The van der Waals surface area contributed by atoms with Gasteiger partial charge < -0.3 is 9.80 Å². The van der Waals surface area contributed by atoms with Crippen LogP contribution in [0.3, 0.4) is 0 Å². The molecule has 0 radical (unpaired) electrons. The Kier molecular flexibility index (Phi) is 7.72. The van der Waals surface area contributed by atoms with Gasteiger partial charge in [-0.2, -0.15) is 4.72 Å². The summed E-state index contributed by atoms with van der Waals surface area (Å²) in [6.07, 6.45) is 3.34. The zero-order valence-corrected chi connectivity index (χ0v) is 22.8. The van der Waals surface area contributed by atoms with Crippen LogP contribution in [0.5, 0.6) is 0 Å². The number of likely N-dealkylation sites (N-methyl/N-ethyl adjacent to an activating group) is 1. The highest BCUT2D eigenvalue weighted by Crippen LogP contribution is 2.27. The molecule has 8 nitrogen and oxygen atoms in total. The Balaban J connectivity index is 1.27. The summed E-state index contributed by atoms with van der Waals surface area (Å²) < 4.78 is 28.9. The van der Waals surface area contributed by atoms with Crippen molar-refractivity contribution in [1.82, 2.24) is 9.62 Å². The number of carbonyl (C=O) groups excluding carboxylic acids is 2. The number of benzene rings is 3. The molecular formula is C28H31ClN4O4S. The largest absolute Gasteiger partial charge is 0.314 e. The van der Waals surface area contributed by atoms with Crippen LogP contribution in [-0.4, -0.2) is 64.4 Å². The van der Waals surface area contributed by atoms with Crippen molar-refractivity contribution in [2.24, 2.45) is 0 Å². The zero-order chi connectivity index (χ0) is 26.9. The molecule has 10 heteroatoms. The second kappa shape index (κ2) is 11.0. The average molecular weight is 555 g/mol. The van der Waals surface area contributed by atoms with E-state index in [1.807, 2.05) is 12.1 Å². The maximum Gasteiger partial charge on any atom is 0.245 e. The second-order valence-electron chi connectivity index (χ2n) is 9.91. The Morgan fingerprint density at radius 3 is 2.39 bits per heavy atom. The van der Waals surface area contributed by atoms with Crippen molar-refractivity contribution >= 4 is 55.6 Å². The van der Waals surface area contributed by atoms with Crippen molar-refractivity contribution in [3.63, 3.8) is 0 Å². The third kappa shape index (κ3) is 5.71. The minimum absolute atomic E-state index is 0.0277. The molecule has 5 rings (SSSR count). The van der Waals surface area contributed by atoms with Gasteiger partial charge in [0.1, 0.15) is 6.04 Å². The molecule has 2 aliphatic heterocycles. The average Bonchev–Trinajstić information content (AvgIpc) is 3.42. The maximum atomic E-state index is 13.3. The number of anilines is 2. The third-order valence-corrected chi connectivity index (χ3v) is 9.00. The van der Waals surface area contributed by atoms with Crippen LogP contribution in [0.1, 0.15) is 25.7 Å². The van der Waals surface area contributed by atoms with Crippen LogP contribution in [0.4, 0.5) is 11.4 Å². The molecule has 200 valence electrons. The molecule has 2 aliphatic rings. The number of halogens is 1. The SMILES string of the molecule is CN(C(=O)CN1CCCC1)c1ccc(N2CCCC(NS(=O)(=O)c3ccc4cc(Cl)ccc4c3)C2=O)cc1. The summed E-state index contributed by atoms with van der Waals surface area (Å²) in [4.78, 5) is 31.5. The number of likely N-dealkylation sites (tertiary alicyclic amines) is 1. The summed E-state index contributed by atoms with van der Waals surface area (Å²) in [5, 5.41) is 2.16. The van der Waals surface area contributed by atoms with Gasteiger partial charge in [-0.15, -0.1) is 0 Å². The zero-order valence-electron chi connectivity index (χ0n) is 21.3. The van der Waals surface area contributed by atoms with Gasteiger partial charge in [0.05, 0.1) is 11.4 Å². The minimum Gasteiger partial charge on any atom is -0.314 e. The summed E-state index contributed by atoms with van der Waals surface area (Å²) >= 11 is 6.03. The van der Waals surface area contributed by atoms with Gasteiger partial charge in [0.25, 0.3) is 0 Å². The van der Waals surface area contributed by atoms with Gasteiger partial charge in [0, 0.05) is 30.0 Å². The van der Waals surface area contributed by atoms with Gasteiger partial charge in [-0.3, -0.25) is 14.5 Å². The first-order valence-electron chi connectivity index (χ1n) is 12.8. The predicted molar refractivity (Wildman–Crippen MR) is 150 cm³/mol. The molecule has 3 aromatic carbocycles. The summed E-state index contributed by atoms with van der Waals surface area (Å²) in [5.41, 5.74) is 1.42. The highest BCUT2D eigenvalue weighted by Gasteiger charge is 2.33. The van der Waals surface area contributed by atoms with Crippen LogP contribution in [0.15, 0.2) is 65.6 Å². The van der Waals surface area contributed by atoms with Gasteiger partial charge in [0.2, 0.25) is 21.8 Å². The van der Waals surface area contributed by atoms with Crippen molar-refractivity contribution in [2.45, 2.75) is 36.6 Å². The fourth-order valence-corrected chi connectivity index (χ4v) is 6.54. The number of hydrogen-bond acceptors (Lipinski definition) is 5. The van der Waals surface area contributed by atoms with Gasteiger partial charge >= 0.3 is 0 Å². The lowest BCUT2D eigenvalue weighted by Crippen LogP contribution is -2.52. The number of sulfonamides is 1. The fraction of sp³-hybridized carbons (Fsp3) is 0.357. The molecule has 38 heavy (non-hydrogen) atoms. The number of carbonyl (C=O) groups is 2. The Bertz CT molecular complexity index is 1460. The molecule has 2 heterocycles. The first kappa shape index (κ1) is 26.6. The van der Waals surface area contributed by atoms with E-state index in [0.29, 0.717) is 36.6 Å². The highest BCUT2D eigenvalue weighted by molar-refractivity contribution is 7.89. The maximum absolute atomic E-state index is 13.3. The van der Waals surface area contributed by atoms with Crippen LogP contribution < -0.4 is 14.5 Å². The molecule has 1 N–H and O–H groups in total. The van der Waals surface area contributed by atoms with Crippen LogP contribution in [0.25, 0.3) is 10.8 Å². The minimum atomic E-state index is -3.92. The lowest BCUT2D eigenvalue weighted by molar-refractivity contribution is -0.121. The number of hydrogen-bond donors (Lipinski definition) is 1. The summed E-state index contributed by atoms with van der Waals surface area (Å²) in [6, 6.07) is 16.4. The number of fused-ring (bicyclic) bond motifs is 1. The normalized spacial score (nSPS) is 18.7. The molecule has 2 amide bonds. The van der Waals surface area contributed by atoms with E-state index in [-0.39, 0.29) is 16.7 Å². The number of piperidine rings is 1. The van der Waals surface area contributed by atoms with Crippen LogP contribution in [0, 0.1) is 0 Å². The molecule has 1 atom stereocenters. The smallest absolute Gasteiger partial charge is 0.245 e. The lowest BCUT2D eigenvalue weighted by atomic mass is 10.0. The van der Waals surface area contributed by atoms with Crippen molar-refractivity contribution in [3.05, 3.63) is 65.7 Å². The molecule has 0 aliphatic carbocycles. The molecule has 0 saturated carbocycles. The van der Waals surface area contributed by atoms with E-state index < -0.39 is 16.1 Å². The second-order valence-corrected chi connectivity index (χ2v) is 12.1. The standard InChI is InChI=1S/C28H31ClN4O4S/c1-31(27(34)19-32-14-2-3-15-32)23-9-11-24(12-10-23)33-16-4-5-26(28(33)35)30-38(36,37)25-13-7-20-17-22(29)8-6-21(20)18-25/h6-13,17-18,26,30H,2-5,14-16,19H2,1H3. The highest BCUT2D eigenvalue weighted by atomic mass is 35.5. The van der Waals surface area contributed by atoms with Crippen molar-refractivity contribution in [1.29, 1.82) is 0 Å². The molecule has 2 saturated heterocycles. The summed E-state index contributed by atoms with van der Waals surface area (Å²) in [7, 11) is -2.16. The van der Waals surface area contributed by atoms with E-state index in [9.17, 15) is 18.0 Å². The van der Waals surface area contributed by atoms with E-state index in [1.165, 1.54) is 6.07 Å². The van der Waals surface area contributed by atoms with E-state index >= 15 is 0 Å². The molecule has 0 bridgehead atoms. The number of amides is 2. The number of nitrogens with one attached hydrogen (secondary N) is 1. The fourth-order valence-electron chi connectivity index (χ4n) is 5.10. The first-order valence-corrected chi connectivity index (χ1v) is 14.7. The topological polar surface area (TPSA) is 90.0 Å². The summed E-state index contributed by atoms with van der Waals surface area (Å²) in [5.74, 6) is -0.265. The van der Waals surface area contributed by atoms with Crippen LogP contribution in [0.2, 0.25) is 5.02 Å². The molecule has 2 fully saturated rings. The van der Waals surface area contributed by atoms with Crippen molar-refractivity contribution < 1.29 is 18.0 Å². The molecule has 0 aromatic heterocycles. The van der Waals surface area contributed by atoms with Crippen molar-refractivity contribution in [2.75, 3.05) is 43.0 Å². The molecule has 3 aromatic rings. The monoisotopic (exact) mass is 554 g/mol. The van der Waals surface area contributed by atoms with Crippen LogP contribution >= 0.6 is 11.6 Å². The Labute approximate surface area is 228 Å². The van der Waals surface area contributed by atoms with E-state index in [0.717, 1.165) is 42.4 Å². The lowest BCUT2D eigenvalue weighted by Gasteiger charge is -2.33. The third-order valence-electron chi connectivity index (χ3n) is 7.30. The van der Waals surface area contributed by atoms with E-state index in [2.05, 4.69) is 9.62 Å². The Morgan fingerprint density at radius 1 is 0.974 bits per heavy atom. The van der Waals surface area contributed by atoms with Gasteiger partial charge in [-0.05, 0) is 98.1 Å². The predicted octanol–water partition coefficient (Wildman–Crippen LogP) is 4.03. The van der Waals surface area contributed by atoms with E-state index in [4.69, 9.17) is 11.6 Å². The van der Waals surface area contributed by atoms with Crippen molar-refractivity contribution in [3.8, 4) is 0 Å². The quantitative estimate of drug-likeness (QED) is 0.476. The van der Waals surface area contributed by atoms with Gasteiger partial charge in [-0.1, -0.05) is 23.7 Å². The number of nitrogens with zero attached hydrogens (tertiary/aromatic N) is 3. The van der Waals surface area contributed by atoms with Crippen LogP contribution in [-0.2, 0) is 19.6 Å². The van der Waals surface area contributed by atoms with Gasteiger partial charge in [0.15, 0.2) is 0 Å². The summed E-state index contributed by atoms with van der Waals surface area (Å²) in [6.45, 7) is 2.80. The molecule has 1 unspecified atom stereocenters. The van der Waals surface area contributed by atoms with Gasteiger partial charge in [-0.25, -0.2) is 8.42 Å². The molecule has 0 spiro atoms. The first-order chi connectivity index (χ1) is 18.2. The van der Waals surface area contributed by atoms with E-state index in [1.54, 1.807) is 59.3 Å².